The van der Waals surface area contributed by atoms with Crippen molar-refractivity contribution >= 4 is 18.1 Å². The summed E-state index contributed by atoms with van der Waals surface area (Å²) in [7, 11) is 0. The second-order valence-electron chi connectivity index (χ2n) is 8.55. The van der Waals surface area contributed by atoms with E-state index in [9.17, 15) is 14.4 Å². The average Bonchev–Trinajstić information content (AvgIpc) is 2.59. The van der Waals surface area contributed by atoms with Gasteiger partial charge in [-0.15, -0.1) is 4.90 Å². The van der Waals surface area contributed by atoms with Crippen LogP contribution in [0.3, 0.4) is 0 Å². The Labute approximate surface area is 171 Å². The molecule has 154 valence electrons. The first kappa shape index (κ1) is 22.1. The third-order valence-corrected chi connectivity index (χ3v) is 3.57. The maximum absolute atomic E-state index is 13.1. The molecule has 3 amide bonds. The van der Waals surface area contributed by atoms with Crippen LogP contribution in [0, 0.1) is 0 Å². The molecule has 0 bridgehead atoms. The van der Waals surface area contributed by atoms with Gasteiger partial charge in [-0.2, -0.15) is 0 Å². The molecule has 6 nitrogen and oxygen atoms in total. The van der Waals surface area contributed by atoms with Gasteiger partial charge in [-0.05, 0) is 64.8 Å². The summed E-state index contributed by atoms with van der Waals surface area (Å²) in [6.07, 6.45) is -2.16. The van der Waals surface area contributed by atoms with Crippen molar-refractivity contribution in [3.63, 3.8) is 0 Å². The molecule has 0 saturated carbocycles. The molecule has 0 N–H and O–H groups in total. The minimum Gasteiger partial charge on any atom is -0.443 e. The van der Waals surface area contributed by atoms with Crippen molar-refractivity contribution in [1.82, 2.24) is 4.90 Å². The van der Waals surface area contributed by atoms with Gasteiger partial charge in [0.05, 0.1) is 0 Å². The van der Waals surface area contributed by atoms with Crippen LogP contribution >= 0.6 is 0 Å². The molecule has 0 aliphatic carbocycles. The Hall–Kier alpha value is -3.15. The van der Waals surface area contributed by atoms with Gasteiger partial charge in [0.15, 0.2) is 0 Å². The summed E-state index contributed by atoms with van der Waals surface area (Å²) in [5, 5.41) is 0. The predicted molar refractivity (Wildman–Crippen MR) is 111 cm³/mol. The Kier molecular flexibility index (Phi) is 6.47. The summed E-state index contributed by atoms with van der Waals surface area (Å²) in [5.41, 5.74) is 0.0867. The Balaban J connectivity index is 2.41. The predicted octanol–water partition coefficient (Wildman–Crippen LogP) is 5.67. The first-order valence-electron chi connectivity index (χ1n) is 9.33. The zero-order valence-corrected chi connectivity index (χ0v) is 17.7. The Bertz CT molecular complexity index is 863. The zero-order chi connectivity index (χ0) is 21.8. The number of imide groups is 3. The summed E-state index contributed by atoms with van der Waals surface area (Å²) in [4.78, 5) is 38.8. The molecule has 0 saturated heterocycles. The molecule has 0 aromatic heterocycles. The highest BCUT2D eigenvalue weighted by atomic mass is 16.6. The Morgan fingerprint density at radius 2 is 1.17 bits per heavy atom. The highest BCUT2D eigenvalue weighted by Crippen LogP contribution is 2.22. The molecule has 0 aliphatic heterocycles. The maximum Gasteiger partial charge on any atom is 0.427 e. The highest BCUT2D eigenvalue weighted by Gasteiger charge is 2.36. The van der Waals surface area contributed by atoms with Gasteiger partial charge in [0.1, 0.15) is 11.2 Å². The molecular weight excluding hydrogens is 370 g/mol. The molecule has 2 aromatic rings. The lowest BCUT2D eigenvalue weighted by Gasteiger charge is -2.27. The van der Waals surface area contributed by atoms with Crippen LogP contribution in [-0.2, 0) is 9.47 Å². The van der Waals surface area contributed by atoms with E-state index in [4.69, 9.17) is 9.47 Å². The third-order valence-electron chi connectivity index (χ3n) is 3.57. The second kappa shape index (κ2) is 8.47. The molecule has 2 aromatic carbocycles. The first-order chi connectivity index (χ1) is 13.4. The van der Waals surface area contributed by atoms with E-state index in [0.717, 1.165) is 11.1 Å². The monoisotopic (exact) mass is 397 g/mol. The normalized spacial score (nSPS) is 11.5. The van der Waals surface area contributed by atoms with Crippen LogP contribution in [0.4, 0.5) is 9.59 Å². The first-order valence-corrected chi connectivity index (χ1v) is 9.33. The maximum atomic E-state index is 13.1. The second-order valence-corrected chi connectivity index (χ2v) is 8.55. The molecule has 0 aliphatic rings. The number of carbonyl (C=O) groups excluding carboxylic acids is 3. The minimum absolute atomic E-state index is 0.170. The van der Waals surface area contributed by atoms with Gasteiger partial charge in [-0.25, -0.2) is 9.59 Å². The van der Waals surface area contributed by atoms with E-state index in [0.29, 0.717) is 4.90 Å². The third kappa shape index (κ3) is 6.45. The minimum atomic E-state index is -1.08. The van der Waals surface area contributed by atoms with Gasteiger partial charge in [0, 0.05) is 5.56 Å². The van der Waals surface area contributed by atoms with Gasteiger partial charge in [-0.1, -0.05) is 42.5 Å². The van der Waals surface area contributed by atoms with E-state index in [2.05, 4.69) is 0 Å². The van der Waals surface area contributed by atoms with Crippen LogP contribution < -0.4 is 0 Å². The smallest absolute Gasteiger partial charge is 0.427 e. The van der Waals surface area contributed by atoms with Crippen molar-refractivity contribution in [2.45, 2.75) is 52.7 Å². The molecule has 0 unspecified atom stereocenters. The number of hydrogen-bond acceptors (Lipinski definition) is 5. The summed E-state index contributed by atoms with van der Waals surface area (Å²) in [6.45, 7) is 9.91. The quantitative estimate of drug-likeness (QED) is 0.653. The Morgan fingerprint density at radius 1 is 0.690 bits per heavy atom. The van der Waals surface area contributed by atoms with Crippen LogP contribution in [0.1, 0.15) is 51.9 Å². The highest BCUT2D eigenvalue weighted by molar-refractivity contribution is 6.13. The number of benzene rings is 2. The van der Waals surface area contributed by atoms with E-state index in [-0.39, 0.29) is 5.56 Å². The lowest BCUT2D eigenvalue weighted by atomic mass is 10.0. The standard InChI is InChI=1S/C23H27NO5/c1-22(2,3)28-20(26)24(21(27)29-23(4,5)6)19(25)18-14-10-13-17(15-18)16-11-8-7-9-12-16/h7-15H,1-6H3. The van der Waals surface area contributed by atoms with Crippen LogP contribution in [0.5, 0.6) is 0 Å². The summed E-state index contributed by atoms with van der Waals surface area (Å²) >= 11 is 0. The van der Waals surface area contributed by atoms with Crippen LogP contribution in [0.2, 0.25) is 0 Å². The lowest BCUT2D eigenvalue weighted by Crippen LogP contribution is -2.46. The number of ether oxygens (including phenoxy) is 2. The molecule has 0 atom stereocenters. The average molecular weight is 397 g/mol. The van der Waals surface area contributed by atoms with Gasteiger partial charge in [0.2, 0.25) is 0 Å². The molecular formula is C23H27NO5. The largest absolute Gasteiger partial charge is 0.443 e. The number of hydrogen-bond donors (Lipinski definition) is 0. The van der Waals surface area contributed by atoms with E-state index < -0.39 is 29.3 Å². The van der Waals surface area contributed by atoms with Crippen molar-refractivity contribution in [3.05, 3.63) is 60.2 Å². The summed E-state index contributed by atoms with van der Waals surface area (Å²) in [5.74, 6) is -0.814. The molecule has 0 radical (unpaired) electrons. The van der Waals surface area contributed by atoms with Crippen molar-refractivity contribution in [2.24, 2.45) is 0 Å². The molecule has 0 spiro atoms. The van der Waals surface area contributed by atoms with Gasteiger partial charge < -0.3 is 9.47 Å². The van der Waals surface area contributed by atoms with E-state index >= 15 is 0 Å². The number of nitrogens with zero attached hydrogens (tertiary/aromatic N) is 1. The topological polar surface area (TPSA) is 72.9 Å². The summed E-state index contributed by atoms with van der Waals surface area (Å²) < 4.78 is 10.5. The van der Waals surface area contributed by atoms with Crippen molar-refractivity contribution < 1.29 is 23.9 Å². The molecule has 0 heterocycles. The number of amides is 3. The van der Waals surface area contributed by atoms with Crippen LogP contribution in [0.15, 0.2) is 54.6 Å². The zero-order valence-electron chi connectivity index (χ0n) is 17.7. The SMILES string of the molecule is CC(C)(C)OC(=O)N(C(=O)OC(C)(C)C)C(=O)c1cccc(-c2ccccc2)c1. The molecule has 6 heteroatoms. The molecule has 29 heavy (non-hydrogen) atoms. The summed E-state index contributed by atoms with van der Waals surface area (Å²) in [6, 6.07) is 16.2. The van der Waals surface area contributed by atoms with Crippen LogP contribution in [-0.4, -0.2) is 34.2 Å². The van der Waals surface area contributed by atoms with Crippen LogP contribution in [0.25, 0.3) is 11.1 Å². The fourth-order valence-corrected chi connectivity index (χ4v) is 2.45. The van der Waals surface area contributed by atoms with Gasteiger partial charge in [0.25, 0.3) is 5.91 Å². The number of carbonyl (C=O) groups is 3. The van der Waals surface area contributed by atoms with E-state index in [1.165, 1.54) is 6.07 Å². The Morgan fingerprint density at radius 3 is 1.66 bits per heavy atom. The van der Waals surface area contributed by atoms with Crippen molar-refractivity contribution in [3.8, 4) is 11.1 Å². The van der Waals surface area contributed by atoms with Gasteiger partial charge >= 0.3 is 12.2 Å². The van der Waals surface area contributed by atoms with E-state index in [1.807, 2.05) is 36.4 Å². The van der Waals surface area contributed by atoms with Gasteiger partial charge in [-0.3, -0.25) is 4.79 Å². The fourth-order valence-electron chi connectivity index (χ4n) is 2.45. The lowest BCUT2D eigenvalue weighted by molar-refractivity contribution is 0.00398. The fraction of sp³-hybridized carbons (Fsp3) is 0.348. The van der Waals surface area contributed by atoms with Crippen molar-refractivity contribution in [1.29, 1.82) is 0 Å². The molecule has 0 fully saturated rings. The molecule has 2 rings (SSSR count). The van der Waals surface area contributed by atoms with E-state index in [1.54, 1.807) is 53.7 Å². The number of rotatable bonds is 2. The van der Waals surface area contributed by atoms with Crippen molar-refractivity contribution in [2.75, 3.05) is 0 Å².